The Kier molecular flexibility index (Phi) is 4.76. The van der Waals surface area contributed by atoms with Gasteiger partial charge in [-0.1, -0.05) is 12.1 Å². The van der Waals surface area contributed by atoms with Crippen LogP contribution in [0.2, 0.25) is 0 Å². The number of nitrogens with zero attached hydrogens (tertiary/aromatic N) is 2. The van der Waals surface area contributed by atoms with Crippen LogP contribution in [0.5, 0.6) is 0 Å². The zero-order valence-corrected chi connectivity index (χ0v) is 14.6. The number of hydrogen-bond donors (Lipinski definition) is 0. The van der Waals surface area contributed by atoms with Crippen LogP contribution in [0.1, 0.15) is 28.7 Å². The van der Waals surface area contributed by atoms with Gasteiger partial charge in [0.25, 0.3) is 5.91 Å². The van der Waals surface area contributed by atoms with E-state index in [0.29, 0.717) is 22.9 Å². The molecule has 0 atom stereocenters. The van der Waals surface area contributed by atoms with Crippen LogP contribution in [0.3, 0.4) is 0 Å². The number of amides is 1. The second-order valence-electron chi connectivity index (χ2n) is 5.62. The van der Waals surface area contributed by atoms with Gasteiger partial charge in [-0.15, -0.1) is 11.3 Å². The molecule has 0 bridgehead atoms. The lowest BCUT2D eigenvalue weighted by atomic mass is 10.0. The molecule has 0 aromatic carbocycles. The first-order chi connectivity index (χ1) is 12.0. The van der Waals surface area contributed by atoms with Gasteiger partial charge in [0.05, 0.1) is 15.3 Å². The molecule has 0 saturated carbocycles. The highest BCUT2D eigenvalue weighted by atomic mass is 32.1. The Morgan fingerprint density at radius 2 is 2.08 bits per heavy atom. The summed E-state index contributed by atoms with van der Waals surface area (Å²) < 4.78 is 5.30. The average molecular weight is 356 g/mol. The maximum absolute atomic E-state index is 12.3. The van der Waals surface area contributed by atoms with Crippen molar-refractivity contribution < 1.29 is 18.9 Å². The van der Waals surface area contributed by atoms with Gasteiger partial charge >= 0.3 is 0 Å². The first-order valence-electron chi connectivity index (χ1n) is 7.80. The number of hydrogen-bond acceptors (Lipinski definition) is 6. The molecule has 0 fully saturated rings. The van der Waals surface area contributed by atoms with E-state index in [1.54, 1.807) is 30.1 Å². The lowest BCUT2D eigenvalue weighted by Gasteiger charge is -2.14. The normalized spacial score (nSPS) is 13.9. The summed E-state index contributed by atoms with van der Waals surface area (Å²) in [5.41, 5.74) is 0.514. The van der Waals surface area contributed by atoms with Crippen molar-refractivity contribution in [3.05, 3.63) is 47.0 Å². The van der Waals surface area contributed by atoms with Gasteiger partial charge in [-0.2, -0.15) is 0 Å². The molecule has 2 aromatic rings. The molecule has 0 N–H and O–H groups in total. The first-order valence-corrected chi connectivity index (χ1v) is 8.62. The molecule has 0 radical (unpaired) electrons. The molecule has 6 nitrogen and oxygen atoms in total. The minimum Gasteiger partial charge on any atom is -0.355 e. The van der Waals surface area contributed by atoms with Crippen molar-refractivity contribution in [3.63, 3.8) is 0 Å². The Bertz CT molecular complexity index is 904. The quantitative estimate of drug-likeness (QED) is 0.770. The largest absolute Gasteiger partial charge is 0.355 e. The van der Waals surface area contributed by atoms with Gasteiger partial charge in [-0.25, -0.2) is 0 Å². The highest BCUT2D eigenvalue weighted by molar-refractivity contribution is 7.17. The number of ketones is 2. The molecule has 1 aliphatic carbocycles. The Morgan fingerprint density at radius 3 is 2.84 bits per heavy atom. The highest BCUT2D eigenvalue weighted by Gasteiger charge is 2.21. The second-order valence-corrected chi connectivity index (χ2v) is 6.71. The Balaban J connectivity index is 1.83. The van der Waals surface area contributed by atoms with Gasteiger partial charge in [0.15, 0.2) is 17.3 Å². The van der Waals surface area contributed by atoms with Crippen LogP contribution in [-0.4, -0.2) is 41.1 Å². The molecule has 0 aliphatic heterocycles. The van der Waals surface area contributed by atoms with E-state index in [4.69, 9.17) is 4.52 Å². The van der Waals surface area contributed by atoms with Crippen LogP contribution in [0.4, 0.5) is 0 Å². The van der Waals surface area contributed by atoms with Crippen molar-refractivity contribution in [1.29, 1.82) is 0 Å². The number of allylic oxidation sites excluding steroid dienone is 4. The van der Waals surface area contributed by atoms with Crippen LogP contribution in [0.25, 0.3) is 16.2 Å². The summed E-state index contributed by atoms with van der Waals surface area (Å²) in [4.78, 5) is 38.6. The average Bonchev–Trinajstić information content (AvgIpc) is 3.25. The number of carbonyl (C=O) groups is 3. The molecule has 1 amide bonds. The standard InChI is InChI=1S/C18H16N2O4S/c1-3-8-20(2)18(23)17-7-6-16(25-17)15-10-13(19-24-15)12-9-11(21)4-5-14(12)22/h4-7,9-10H,3,8H2,1-2H3. The van der Waals surface area contributed by atoms with E-state index in [1.165, 1.54) is 29.6 Å². The van der Waals surface area contributed by atoms with E-state index in [2.05, 4.69) is 5.16 Å². The summed E-state index contributed by atoms with van der Waals surface area (Å²) in [6.07, 6.45) is 4.57. The Morgan fingerprint density at radius 1 is 1.28 bits per heavy atom. The molecule has 2 aromatic heterocycles. The lowest BCUT2D eigenvalue weighted by Crippen LogP contribution is -2.26. The summed E-state index contributed by atoms with van der Waals surface area (Å²) in [6.45, 7) is 2.71. The summed E-state index contributed by atoms with van der Waals surface area (Å²) in [7, 11) is 1.77. The van der Waals surface area contributed by atoms with Crippen molar-refractivity contribution >= 4 is 34.4 Å². The second kappa shape index (κ2) is 6.98. The van der Waals surface area contributed by atoms with E-state index in [9.17, 15) is 14.4 Å². The third-order valence-corrected chi connectivity index (χ3v) is 4.79. The van der Waals surface area contributed by atoms with Crippen LogP contribution < -0.4 is 0 Å². The van der Waals surface area contributed by atoms with E-state index < -0.39 is 0 Å². The third kappa shape index (κ3) is 3.51. The van der Waals surface area contributed by atoms with E-state index in [0.717, 1.165) is 11.3 Å². The molecule has 1 aliphatic rings. The fourth-order valence-electron chi connectivity index (χ4n) is 2.44. The molecule has 0 saturated heterocycles. The predicted octanol–water partition coefficient (Wildman–Crippen LogP) is 2.98. The smallest absolute Gasteiger partial charge is 0.263 e. The van der Waals surface area contributed by atoms with Gasteiger partial charge in [0.1, 0.15) is 5.69 Å². The molecule has 3 rings (SSSR count). The monoisotopic (exact) mass is 356 g/mol. The lowest BCUT2D eigenvalue weighted by molar-refractivity contribution is -0.113. The van der Waals surface area contributed by atoms with E-state index in [1.807, 2.05) is 6.92 Å². The molecule has 0 unspecified atom stereocenters. The van der Waals surface area contributed by atoms with Gasteiger partial charge in [0.2, 0.25) is 0 Å². The maximum Gasteiger partial charge on any atom is 0.263 e. The SMILES string of the molecule is CCCN(C)C(=O)c1ccc(-c2cc(C3=CC(=O)C=CC3=O)no2)s1. The molecular weight excluding hydrogens is 340 g/mol. The van der Waals surface area contributed by atoms with Crippen molar-refractivity contribution in [2.24, 2.45) is 0 Å². The predicted molar refractivity (Wildman–Crippen MR) is 94.2 cm³/mol. The highest BCUT2D eigenvalue weighted by Crippen LogP contribution is 2.31. The summed E-state index contributed by atoms with van der Waals surface area (Å²) in [5, 5.41) is 3.88. The van der Waals surface area contributed by atoms with Gasteiger partial charge in [-0.3, -0.25) is 14.4 Å². The molecule has 25 heavy (non-hydrogen) atoms. The summed E-state index contributed by atoms with van der Waals surface area (Å²) in [6, 6.07) is 5.13. The third-order valence-electron chi connectivity index (χ3n) is 3.70. The minimum absolute atomic E-state index is 0.0428. The fraction of sp³-hybridized carbons (Fsp3) is 0.222. The van der Waals surface area contributed by atoms with Crippen molar-refractivity contribution in [3.8, 4) is 10.6 Å². The van der Waals surface area contributed by atoms with Crippen LogP contribution in [0, 0.1) is 0 Å². The molecule has 7 heteroatoms. The molecule has 128 valence electrons. The number of aromatic nitrogens is 1. The van der Waals surface area contributed by atoms with Gasteiger partial charge in [-0.05, 0) is 36.8 Å². The van der Waals surface area contributed by atoms with Gasteiger partial charge < -0.3 is 9.42 Å². The van der Waals surface area contributed by atoms with Crippen LogP contribution in [-0.2, 0) is 9.59 Å². The first kappa shape index (κ1) is 17.0. The maximum atomic E-state index is 12.3. The van der Waals surface area contributed by atoms with E-state index >= 15 is 0 Å². The van der Waals surface area contributed by atoms with Crippen molar-refractivity contribution in [1.82, 2.24) is 10.1 Å². The minimum atomic E-state index is -0.289. The zero-order valence-electron chi connectivity index (χ0n) is 13.8. The molecule has 0 spiro atoms. The molecular formula is C18H16N2O4S. The van der Waals surface area contributed by atoms with Crippen molar-refractivity contribution in [2.45, 2.75) is 13.3 Å². The summed E-state index contributed by atoms with van der Waals surface area (Å²) >= 11 is 1.30. The molecule has 2 heterocycles. The Hall–Kier alpha value is -2.80. The number of rotatable bonds is 5. The fourth-order valence-corrected chi connectivity index (χ4v) is 3.39. The van der Waals surface area contributed by atoms with Crippen LogP contribution in [0.15, 0.2) is 41.0 Å². The van der Waals surface area contributed by atoms with Crippen molar-refractivity contribution in [2.75, 3.05) is 13.6 Å². The number of carbonyl (C=O) groups excluding carboxylic acids is 3. The summed E-state index contributed by atoms with van der Waals surface area (Å²) in [5.74, 6) is -0.142. The van der Waals surface area contributed by atoms with Gasteiger partial charge in [0, 0.05) is 19.7 Å². The topological polar surface area (TPSA) is 80.5 Å². The van der Waals surface area contributed by atoms with Crippen LogP contribution >= 0.6 is 11.3 Å². The Labute approximate surface area is 148 Å². The zero-order chi connectivity index (χ0) is 18.0. The number of thiophene rings is 1. The van der Waals surface area contributed by atoms with E-state index in [-0.39, 0.29) is 23.0 Å².